The number of ether oxygens (including phenoxy) is 1. The van der Waals surface area contributed by atoms with E-state index in [2.05, 4.69) is 10.4 Å². The molecule has 4 aromatic rings. The fourth-order valence-corrected chi connectivity index (χ4v) is 4.34. The number of methoxy groups -OCH3 is 1. The molecule has 1 heterocycles. The molecule has 34 heavy (non-hydrogen) atoms. The van der Waals surface area contributed by atoms with E-state index in [1.165, 1.54) is 39.4 Å². The van der Waals surface area contributed by atoms with Crippen molar-refractivity contribution in [1.29, 1.82) is 0 Å². The van der Waals surface area contributed by atoms with E-state index in [1.807, 2.05) is 60.7 Å². The third-order valence-corrected chi connectivity index (χ3v) is 7.04. The van der Waals surface area contributed by atoms with Crippen LogP contribution in [0.25, 0.3) is 16.9 Å². The number of carbonyl (C=O) groups is 1. The summed E-state index contributed by atoms with van der Waals surface area (Å²) >= 11 is 0. The minimum Gasteiger partial charge on any atom is -0.495 e. The molecule has 1 aromatic heterocycles. The normalized spacial score (nSPS) is 11.4. The lowest BCUT2D eigenvalue weighted by Gasteiger charge is -2.15. The van der Waals surface area contributed by atoms with Crippen molar-refractivity contribution in [1.82, 2.24) is 14.1 Å². The SMILES string of the molecule is COc1ccc(S(=O)(=O)N(C)C)cc1NC(=O)c1cn(-c2ccccc2)nc1-c1ccccc1. The van der Waals surface area contributed by atoms with Crippen LogP contribution in [0.5, 0.6) is 5.75 Å². The molecule has 0 aliphatic carbocycles. The van der Waals surface area contributed by atoms with E-state index >= 15 is 0 Å². The van der Waals surface area contributed by atoms with Crippen molar-refractivity contribution in [2.45, 2.75) is 4.90 Å². The molecule has 1 amide bonds. The average Bonchev–Trinajstić information content (AvgIpc) is 3.31. The number of amides is 1. The van der Waals surface area contributed by atoms with Gasteiger partial charge in [-0.3, -0.25) is 4.79 Å². The number of nitrogens with one attached hydrogen (secondary N) is 1. The number of aromatic nitrogens is 2. The number of sulfonamides is 1. The average molecular weight is 477 g/mol. The monoisotopic (exact) mass is 476 g/mol. The predicted molar refractivity (Wildman–Crippen MR) is 131 cm³/mol. The van der Waals surface area contributed by atoms with Gasteiger partial charge in [0.05, 0.1) is 28.9 Å². The Labute approximate surface area is 198 Å². The maximum absolute atomic E-state index is 13.4. The molecule has 0 unspecified atom stereocenters. The summed E-state index contributed by atoms with van der Waals surface area (Å²) < 4.78 is 33.3. The Kier molecular flexibility index (Phi) is 6.49. The zero-order valence-corrected chi connectivity index (χ0v) is 19.8. The third-order valence-electron chi connectivity index (χ3n) is 5.22. The van der Waals surface area contributed by atoms with Crippen molar-refractivity contribution in [3.05, 3.63) is 90.6 Å². The molecule has 0 spiro atoms. The van der Waals surface area contributed by atoms with E-state index in [0.717, 1.165) is 15.6 Å². The van der Waals surface area contributed by atoms with Gasteiger partial charge >= 0.3 is 0 Å². The number of anilines is 1. The van der Waals surface area contributed by atoms with Gasteiger partial charge in [-0.15, -0.1) is 0 Å². The van der Waals surface area contributed by atoms with Crippen molar-refractivity contribution in [2.24, 2.45) is 0 Å². The lowest BCUT2D eigenvalue weighted by molar-refractivity contribution is 0.102. The first kappa shape index (κ1) is 23.2. The second kappa shape index (κ2) is 9.50. The second-order valence-corrected chi connectivity index (χ2v) is 9.79. The van der Waals surface area contributed by atoms with Crippen LogP contribution in [0.3, 0.4) is 0 Å². The Morgan fingerprint density at radius 1 is 0.971 bits per heavy atom. The van der Waals surface area contributed by atoms with Gasteiger partial charge in [0.15, 0.2) is 0 Å². The Morgan fingerprint density at radius 2 is 1.62 bits per heavy atom. The van der Waals surface area contributed by atoms with E-state index < -0.39 is 15.9 Å². The first-order valence-corrected chi connectivity index (χ1v) is 11.9. The molecule has 0 bridgehead atoms. The largest absolute Gasteiger partial charge is 0.495 e. The highest BCUT2D eigenvalue weighted by Crippen LogP contribution is 2.30. The van der Waals surface area contributed by atoms with Crippen molar-refractivity contribution in [3.8, 4) is 22.7 Å². The number of carbonyl (C=O) groups excluding carboxylic acids is 1. The Hall–Kier alpha value is -3.95. The molecule has 0 saturated heterocycles. The van der Waals surface area contributed by atoms with Crippen LogP contribution in [0.1, 0.15) is 10.4 Å². The molecule has 0 fully saturated rings. The topological polar surface area (TPSA) is 93.5 Å². The molecular weight excluding hydrogens is 452 g/mol. The standard InChI is InChI=1S/C25H24N4O4S/c1-28(2)34(31,32)20-14-15-23(33-3)22(16-20)26-25(30)21-17-29(19-12-8-5-9-13-19)27-24(21)18-10-6-4-7-11-18/h4-17H,1-3H3,(H,26,30). The summed E-state index contributed by atoms with van der Waals surface area (Å²) in [4.78, 5) is 13.5. The van der Waals surface area contributed by atoms with Gasteiger partial charge in [0.2, 0.25) is 10.0 Å². The number of benzene rings is 3. The third kappa shape index (κ3) is 4.57. The van der Waals surface area contributed by atoms with Gasteiger partial charge in [-0.1, -0.05) is 48.5 Å². The van der Waals surface area contributed by atoms with Gasteiger partial charge in [-0.2, -0.15) is 5.10 Å². The van der Waals surface area contributed by atoms with Gasteiger partial charge in [-0.25, -0.2) is 17.4 Å². The van der Waals surface area contributed by atoms with Crippen LogP contribution < -0.4 is 10.1 Å². The van der Waals surface area contributed by atoms with Crippen LogP contribution >= 0.6 is 0 Å². The van der Waals surface area contributed by atoms with Gasteiger partial charge in [0.25, 0.3) is 5.91 Å². The maximum Gasteiger partial charge on any atom is 0.259 e. The van der Waals surface area contributed by atoms with E-state index in [0.29, 0.717) is 17.0 Å². The lowest BCUT2D eigenvalue weighted by atomic mass is 10.1. The molecule has 0 radical (unpaired) electrons. The van der Waals surface area contributed by atoms with E-state index in [-0.39, 0.29) is 10.6 Å². The summed E-state index contributed by atoms with van der Waals surface area (Å²) in [5.74, 6) is -0.110. The van der Waals surface area contributed by atoms with E-state index in [1.54, 1.807) is 10.9 Å². The summed E-state index contributed by atoms with van der Waals surface area (Å²) in [5.41, 5.74) is 2.64. The number of para-hydroxylation sites is 1. The maximum atomic E-state index is 13.4. The highest BCUT2D eigenvalue weighted by Gasteiger charge is 2.23. The van der Waals surface area contributed by atoms with E-state index in [4.69, 9.17) is 4.74 Å². The fraction of sp³-hybridized carbons (Fsp3) is 0.120. The molecule has 1 N–H and O–H groups in total. The molecule has 8 nitrogen and oxygen atoms in total. The van der Waals surface area contributed by atoms with E-state index in [9.17, 15) is 13.2 Å². The Bertz CT molecular complexity index is 1420. The quantitative estimate of drug-likeness (QED) is 0.434. The molecule has 4 rings (SSSR count). The van der Waals surface area contributed by atoms with Crippen molar-refractivity contribution < 1.29 is 17.9 Å². The van der Waals surface area contributed by atoms with Crippen molar-refractivity contribution in [2.75, 3.05) is 26.5 Å². The van der Waals surface area contributed by atoms with Crippen LogP contribution in [0.4, 0.5) is 5.69 Å². The first-order chi connectivity index (χ1) is 16.3. The predicted octanol–water partition coefficient (Wildman–Crippen LogP) is 4.05. The fourth-order valence-electron chi connectivity index (χ4n) is 3.41. The summed E-state index contributed by atoms with van der Waals surface area (Å²) in [6.07, 6.45) is 1.65. The number of hydrogen-bond donors (Lipinski definition) is 1. The zero-order chi connectivity index (χ0) is 24.3. The summed E-state index contributed by atoms with van der Waals surface area (Å²) in [5, 5.41) is 7.46. The first-order valence-electron chi connectivity index (χ1n) is 10.4. The van der Waals surface area contributed by atoms with Crippen molar-refractivity contribution in [3.63, 3.8) is 0 Å². The van der Waals surface area contributed by atoms with Gasteiger partial charge < -0.3 is 10.1 Å². The molecule has 9 heteroatoms. The highest BCUT2D eigenvalue weighted by atomic mass is 32.2. The zero-order valence-electron chi connectivity index (χ0n) is 19.0. The minimum absolute atomic E-state index is 0.0388. The smallest absolute Gasteiger partial charge is 0.259 e. The van der Waals surface area contributed by atoms with Gasteiger partial charge in [-0.05, 0) is 30.3 Å². The summed E-state index contributed by atoms with van der Waals surface area (Å²) in [7, 11) is 0.647. The van der Waals surface area contributed by atoms with Crippen LogP contribution in [-0.4, -0.2) is 49.6 Å². The lowest BCUT2D eigenvalue weighted by Crippen LogP contribution is -2.22. The highest BCUT2D eigenvalue weighted by molar-refractivity contribution is 7.89. The Morgan fingerprint density at radius 3 is 2.24 bits per heavy atom. The van der Waals surface area contributed by atoms with Gasteiger partial charge in [0.1, 0.15) is 11.4 Å². The number of rotatable bonds is 7. The summed E-state index contributed by atoms with van der Waals surface area (Å²) in [6, 6.07) is 23.2. The number of hydrogen-bond acceptors (Lipinski definition) is 5. The Balaban J connectivity index is 1.77. The molecule has 0 aliphatic rings. The summed E-state index contributed by atoms with van der Waals surface area (Å²) in [6.45, 7) is 0. The molecule has 0 aliphatic heterocycles. The van der Waals surface area contributed by atoms with Crippen LogP contribution in [-0.2, 0) is 10.0 Å². The van der Waals surface area contributed by atoms with Crippen molar-refractivity contribution >= 4 is 21.6 Å². The number of nitrogens with zero attached hydrogens (tertiary/aromatic N) is 3. The molecular formula is C25H24N4O4S. The molecule has 3 aromatic carbocycles. The van der Waals surface area contributed by atoms with Crippen LogP contribution in [0.15, 0.2) is 90.0 Å². The molecule has 174 valence electrons. The van der Waals surface area contributed by atoms with Crippen LogP contribution in [0, 0.1) is 0 Å². The minimum atomic E-state index is -3.70. The van der Waals surface area contributed by atoms with Gasteiger partial charge in [0, 0.05) is 25.9 Å². The second-order valence-electron chi connectivity index (χ2n) is 7.64. The molecule has 0 atom stereocenters. The van der Waals surface area contributed by atoms with Crippen LogP contribution in [0.2, 0.25) is 0 Å². The molecule has 0 saturated carbocycles.